The fraction of sp³-hybridized carbons (Fsp3) is 0.900. The van der Waals surface area contributed by atoms with Crippen molar-refractivity contribution in [2.24, 2.45) is 11.7 Å². The van der Waals surface area contributed by atoms with Crippen LogP contribution in [0.5, 0.6) is 0 Å². The summed E-state index contributed by atoms with van der Waals surface area (Å²) in [6, 6.07) is 0.317. The maximum Gasteiger partial charge on any atom is 0.407 e. The molecule has 1 fully saturated rings. The number of rotatable bonds is 3. The molecule has 2 unspecified atom stereocenters. The lowest BCUT2D eigenvalue weighted by Crippen LogP contribution is -2.35. The van der Waals surface area contributed by atoms with E-state index < -0.39 is 0 Å². The minimum atomic E-state index is -0.313. The van der Waals surface area contributed by atoms with Crippen molar-refractivity contribution in [3.63, 3.8) is 0 Å². The van der Waals surface area contributed by atoms with Crippen LogP contribution >= 0.6 is 0 Å². The standard InChI is InChI=1S/C10H20N2O2/c1-2-14-10(13)12-7-8-4-3-5-9(11)6-8/h8-9H,2-7,11H2,1H3,(H,12,13). The zero-order valence-corrected chi connectivity index (χ0v) is 8.79. The zero-order chi connectivity index (χ0) is 10.4. The molecule has 2 atom stereocenters. The minimum absolute atomic E-state index is 0.313. The molecule has 0 aromatic carbocycles. The number of hydrogen-bond donors (Lipinski definition) is 2. The van der Waals surface area contributed by atoms with Crippen molar-refractivity contribution < 1.29 is 9.53 Å². The zero-order valence-electron chi connectivity index (χ0n) is 8.79. The van der Waals surface area contributed by atoms with Crippen LogP contribution in [0, 0.1) is 5.92 Å². The van der Waals surface area contributed by atoms with Crippen LogP contribution in [0.1, 0.15) is 32.6 Å². The third kappa shape index (κ3) is 3.96. The molecule has 0 radical (unpaired) electrons. The van der Waals surface area contributed by atoms with Gasteiger partial charge in [-0.1, -0.05) is 6.42 Å². The number of ether oxygens (including phenoxy) is 1. The average molecular weight is 200 g/mol. The van der Waals surface area contributed by atoms with E-state index in [1.54, 1.807) is 6.92 Å². The smallest absolute Gasteiger partial charge is 0.407 e. The topological polar surface area (TPSA) is 64.3 Å². The Morgan fingerprint density at radius 3 is 3.00 bits per heavy atom. The lowest BCUT2D eigenvalue weighted by molar-refractivity contribution is 0.148. The maximum atomic E-state index is 11.0. The van der Waals surface area contributed by atoms with Crippen molar-refractivity contribution in [1.82, 2.24) is 5.32 Å². The minimum Gasteiger partial charge on any atom is -0.450 e. The normalized spacial score (nSPS) is 27.0. The quantitative estimate of drug-likeness (QED) is 0.720. The lowest BCUT2D eigenvalue weighted by atomic mass is 9.86. The van der Waals surface area contributed by atoms with Crippen molar-refractivity contribution in [1.29, 1.82) is 0 Å². The van der Waals surface area contributed by atoms with E-state index in [1.807, 2.05) is 0 Å². The molecule has 1 saturated carbocycles. The Hall–Kier alpha value is -0.770. The van der Waals surface area contributed by atoms with Gasteiger partial charge in [-0.05, 0) is 32.1 Å². The number of nitrogens with one attached hydrogen (secondary N) is 1. The second-order valence-corrected chi connectivity index (χ2v) is 3.89. The van der Waals surface area contributed by atoms with Gasteiger partial charge in [-0.3, -0.25) is 0 Å². The van der Waals surface area contributed by atoms with Crippen LogP contribution in [-0.4, -0.2) is 25.3 Å². The van der Waals surface area contributed by atoms with Crippen LogP contribution in [0.2, 0.25) is 0 Å². The van der Waals surface area contributed by atoms with E-state index in [0.717, 1.165) is 12.8 Å². The van der Waals surface area contributed by atoms with Crippen molar-refractivity contribution >= 4 is 6.09 Å². The van der Waals surface area contributed by atoms with Gasteiger partial charge in [0.25, 0.3) is 0 Å². The molecule has 82 valence electrons. The second-order valence-electron chi connectivity index (χ2n) is 3.89. The Balaban J connectivity index is 2.14. The van der Waals surface area contributed by atoms with Gasteiger partial charge in [0, 0.05) is 12.6 Å². The number of carbonyl (C=O) groups is 1. The highest BCUT2D eigenvalue weighted by molar-refractivity contribution is 5.66. The van der Waals surface area contributed by atoms with E-state index in [4.69, 9.17) is 10.5 Å². The van der Waals surface area contributed by atoms with Crippen LogP contribution in [0.3, 0.4) is 0 Å². The van der Waals surface area contributed by atoms with Gasteiger partial charge in [0.2, 0.25) is 0 Å². The Labute approximate surface area is 85.2 Å². The highest BCUT2D eigenvalue weighted by atomic mass is 16.5. The fourth-order valence-corrected chi connectivity index (χ4v) is 1.93. The first-order chi connectivity index (χ1) is 6.72. The molecule has 0 aromatic heterocycles. The first-order valence-electron chi connectivity index (χ1n) is 5.38. The van der Waals surface area contributed by atoms with Crippen LogP contribution in [0.25, 0.3) is 0 Å². The summed E-state index contributed by atoms with van der Waals surface area (Å²) in [5, 5.41) is 2.76. The van der Waals surface area contributed by atoms with Crippen molar-refractivity contribution in [3.05, 3.63) is 0 Å². The predicted molar refractivity (Wildman–Crippen MR) is 55.0 cm³/mol. The summed E-state index contributed by atoms with van der Waals surface area (Å²) < 4.78 is 4.78. The SMILES string of the molecule is CCOC(=O)NCC1CCCC(N)C1. The molecule has 0 aliphatic heterocycles. The third-order valence-electron chi connectivity index (χ3n) is 2.63. The van der Waals surface area contributed by atoms with Gasteiger partial charge < -0.3 is 15.8 Å². The van der Waals surface area contributed by atoms with E-state index in [2.05, 4.69) is 5.32 Å². The van der Waals surface area contributed by atoms with Gasteiger partial charge >= 0.3 is 6.09 Å². The summed E-state index contributed by atoms with van der Waals surface area (Å²) in [7, 11) is 0. The van der Waals surface area contributed by atoms with Gasteiger partial charge in [-0.25, -0.2) is 4.79 Å². The molecular weight excluding hydrogens is 180 g/mol. The summed E-state index contributed by atoms with van der Waals surface area (Å²) in [5.74, 6) is 0.531. The molecule has 1 rings (SSSR count). The van der Waals surface area contributed by atoms with Crippen molar-refractivity contribution in [3.8, 4) is 0 Å². The van der Waals surface area contributed by atoms with E-state index in [9.17, 15) is 4.79 Å². The first kappa shape index (κ1) is 11.3. The highest BCUT2D eigenvalue weighted by Crippen LogP contribution is 2.22. The van der Waals surface area contributed by atoms with Gasteiger partial charge in [0.1, 0.15) is 0 Å². The summed E-state index contributed by atoms with van der Waals surface area (Å²) in [6.07, 6.45) is 4.17. The summed E-state index contributed by atoms with van der Waals surface area (Å²) >= 11 is 0. The number of carbonyl (C=O) groups excluding carboxylic acids is 1. The summed E-state index contributed by atoms with van der Waals surface area (Å²) in [4.78, 5) is 11.0. The molecule has 0 spiro atoms. The molecule has 4 heteroatoms. The largest absolute Gasteiger partial charge is 0.450 e. The van der Waals surface area contributed by atoms with E-state index in [0.29, 0.717) is 25.1 Å². The molecule has 0 bridgehead atoms. The van der Waals surface area contributed by atoms with E-state index in [1.165, 1.54) is 12.8 Å². The van der Waals surface area contributed by atoms with Crippen LogP contribution in [-0.2, 0) is 4.74 Å². The van der Waals surface area contributed by atoms with Crippen LogP contribution in [0.4, 0.5) is 4.79 Å². The van der Waals surface area contributed by atoms with Crippen molar-refractivity contribution in [2.75, 3.05) is 13.2 Å². The molecule has 0 heterocycles. The van der Waals surface area contributed by atoms with Crippen LogP contribution < -0.4 is 11.1 Å². The number of amides is 1. The van der Waals surface area contributed by atoms with E-state index >= 15 is 0 Å². The van der Waals surface area contributed by atoms with Gasteiger partial charge in [0.05, 0.1) is 6.61 Å². The Kier molecular flexibility index (Phi) is 4.73. The van der Waals surface area contributed by atoms with Crippen LogP contribution in [0.15, 0.2) is 0 Å². The number of alkyl carbamates (subject to hydrolysis) is 1. The predicted octanol–water partition coefficient (Wildman–Crippen LogP) is 1.25. The van der Waals surface area contributed by atoms with Crippen molar-refractivity contribution in [2.45, 2.75) is 38.6 Å². The van der Waals surface area contributed by atoms with Gasteiger partial charge in [0.15, 0.2) is 0 Å². The Morgan fingerprint density at radius 2 is 2.36 bits per heavy atom. The van der Waals surface area contributed by atoms with E-state index in [-0.39, 0.29) is 6.09 Å². The molecule has 1 amide bonds. The average Bonchev–Trinajstić information content (AvgIpc) is 2.15. The summed E-state index contributed by atoms with van der Waals surface area (Å²) in [5.41, 5.74) is 5.85. The van der Waals surface area contributed by atoms with Gasteiger partial charge in [-0.15, -0.1) is 0 Å². The first-order valence-corrected chi connectivity index (χ1v) is 5.38. The maximum absolute atomic E-state index is 11.0. The molecule has 1 aliphatic carbocycles. The second kappa shape index (κ2) is 5.86. The molecule has 0 saturated heterocycles. The summed E-state index contributed by atoms with van der Waals surface area (Å²) in [6.45, 7) is 2.93. The highest BCUT2D eigenvalue weighted by Gasteiger charge is 2.19. The fourth-order valence-electron chi connectivity index (χ4n) is 1.93. The Bertz CT molecular complexity index is 185. The molecule has 1 aliphatic rings. The van der Waals surface area contributed by atoms with Gasteiger partial charge in [-0.2, -0.15) is 0 Å². The molecule has 3 N–H and O–H groups in total. The Morgan fingerprint density at radius 1 is 1.57 bits per heavy atom. The molecule has 4 nitrogen and oxygen atoms in total. The number of hydrogen-bond acceptors (Lipinski definition) is 3. The number of nitrogens with two attached hydrogens (primary N) is 1. The molecule has 14 heavy (non-hydrogen) atoms. The monoisotopic (exact) mass is 200 g/mol. The molecular formula is C10H20N2O2. The molecule has 0 aromatic rings. The third-order valence-corrected chi connectivity index (χ3v) is 2.63. The lowest BCUT2D eigenvalue weighted by Gasteiger charge is -2.26.